The van der Waals surface area contributed by atoms with Crippen molar-refractivity contribution in [2.45, 2.75) is 58.5 Å². The van der Waals surface area contributed by atoms with Crippen molar-refractivity contribution in [3.05, 3.63) is 62.8 Å². The molecule has 2 saturated heterocycles. The van der Waals surface area contributed by atoms with Crippen LogP contribution in [0.4, 0.5) is 0 Å². The van der Waals surface area contributed by atoms with Crippen LogP contribution in [0, 0.1) is 19.8 Å². The standard InChI is InChI=1S/C25H32N4O2/c1-17-6-8-22(18(2)26-17)25(31)28-13-19-12-21(16-28)23-9-7-20(24(30)29(23)14-19)15-27-10-4-3-5-11-27/h6-9,19,21H,3-5,10-16H2,1-2H3/t19-,21+/m0/s1. The molecule has 0 aromatic carbocycles. The highest BCUT2D eigenvalue weighted by atomic mass is 16.2. The van der Waals surface area contributed by atoms with E-state index in [-0.39, 0.29) is 17.4 Å². The largest absolute Gasteiger partial charge is 0.338 e. The summed E-state index contributed by atoms with van der Waals surface area (Å²) >= 11 is 0. The summed E-state index contributed by atoms with van der Waals surface area (Å²) in [5.74, 6) is 0.626. The molecule has 0 spiro atoms. The molecule has 5 rings (SSSR count). The quantitative estimate of drug-likeness (QED) is 0.766. The number of aryl methyl sites for hydroxylation is 2. The maximum Gasteiger partial charge on any atom is 0.255 e. The molecule has 6 heteroatoms. The first-order valence-corrected chi connectivity index (χ1v) is 11.7. The van der Waals surface area contributed by atoms with Gasteiger partial charge in [-0.2, -0.15) is 0 Å². The van der Waals surface area contributed by atoms with Gasteiger partial charge in [-0.15, -0.1) is 0 Å². The highest BCUT2D eigenvalue weighted by Gasteiger charge is 2.37. The minimum Gasteiger partial charge on any atom is -0.338 e. The van der Waals surface area contributed by atoms with Gasteiger partial charge in [-0.3, -0.25) is 19.5 Å². The number of rotatable bonds is 3. The lowest BCUT2D eigenvalue weighted by molar-refractivity contribution is 0.0592. The van der Waals surface area contributed by atoms with Gasteiger partial charge in [0.2, 0.25) is 0 Å². The lowest BCUT2D eigenvalue weighted by Gasteiger charge is -2.43. The zero-order valence-electron chi connectivity index (χ0n) is 18.6. The molecule has 5 heterocycles. The fourth-order valence-electron chi connectivity index (χ4n) is 5.72. The predicted octanol–water partition coefficient (Wildman–Crippen LogP) is 3.11. The molecule has 3 aliphatic heterocycles. The molecule has 31 heavy (non-hydrogen) atoms. The Morgan fingerprint density at radius 1 is 1.03 bits per heavy atom. The number of carbonyl (C=O) groups is 1. The zero-order chi connectivity index (χ0) is 21.5. The summed E-state index contributed by atoms with van der Waals surface area (Å²) in [5, 5.41) is 0. The van der Waals surface area contributed by atoms with E-state index in [1.807, 2.05) is 41.5 Å². The second-order valence-corrected chi connectivity index (χ2v) is 9.63. The number of aromatic nitrogens is 2. The van der Waals surface area contributed by atoms with E-state index in [0.717, 1.165) is 48.7 Å². The van der Waals surface area contributed by atoms with E-state index in [1.54, 1.807) is 0 Å². The van der Waals surface area contributed by atoms with E-state index in [1.165, 1.54) is 19.3 Å². The maximum absolute atomic E-state index is 13.3. The highest BCUT2D eigenvalue weighted by Crippen LogP contribution is 2.36. The van der Waals surface area contributed by atoms with E-state index in [0.29, 0.717) is 31.1 Å². The summed E-state index contributed by atoms with van der Waals surface area (Å²) in [4.78, 5) is 35.4. The minimum absolute atomic E-state index is 0.0669. The van der Waals surface area contributed by atoms with Crippen molar-refractivity contribution in [3.8, 4) is 0 Å². The van der Waals surface area contributed by atoms with Gasteiger partial charge in [-0.1, -0.05) is 12.5 Å². The average Bonchev–Trinajstić information content (AvgIpc) is 2.76. The number of piperidine rings is 2. The number of nitrogens with zero attached hydrogens (tertiary/aromatic N) is 4. The molecule has 164 valence electrons. The second kappa shape index (κ2) is 8.23. The van der Waals surface area contributed by atoms with Crippen LogP contribution >= 0.6 is 0 Å². The molecule has 0 saturated carbocycles. The average molecular weight is 421 g/mol. The van der Waals surface area contributed by atoms with Crippen molar-refractivity contribution in [2.75, 3.05) is 26.2 Å². The topological polar surface area (TPSA) is 58.4 Å². The van der Waals surface area contributed by atoms with Crippen molar-refractivity contribution in [1.29, 1.82) is 0 Å². The smallest absolute Gasteiger partial charge is 0.255 e. The van der Waals surface area contributed by atoms with Gasteiger partial charge in [0.15, 0.2) is 0 Å². The summed E-state index contributed by atoms with van der Waals surface area (Å²) in [7, 11) is 0. The van der Waals surface area contributed by atoms with E-state index in [2.05, 4.69) is 16.0 Å². The number of hydrogen-bond donors (Lipinski definition) is 0. The summed E-state index contributed by atoms with van der Waals surface area (Å²) < 4.78 is 2.01. The molecule has 3 aliphatic rings. The Hall–Kier alpha value is -2.47. The van der Waals surface area contributed by atoms with Gasteiger partial charge < -0.3 is 9.47 Å². The molecule has 2 fully saturated rings. The summed E-state index contributed by atoms with van der Waals surface area (Å²) in [6.07, 6.45) is 4.82. The highest BCUT2D eigenvalue weighted by molar-refractivity contribution is 5.95. The van der Waals surface area contributed by atoms with Crippen LogP contribution in [0.3, 0.4) is 0 Å². The fraction of sp³-hybridized carbons (Fsp3) is 0.560. The van der Waals surface area contributed by atoms with Crippen molar-refractivity contribution >= 4 is 5.91 Å². The lowest BCUT2D eigenvalue weighted by Crippen LogP contribution is -2.49. The molecular weight excluding hydrogens is 388 g/mol. The van der Waals surface area contributed by atoms with Gasteiger partial charge in [0.05, 0.1) is 11.3 Å². The van der Waals surface area contributed by atoms with Gasteiger partial charge in [-0.25, -0.2) is 0 Å². The number of hydrogen-bond acceptors (Lipinski definition) is 4. The Bertz CT molecular complexity index is 1050. The predicted molar refractivity (Wildman–Crippen MR) is 120 cm³/mol. The Morgan fingerprint density at radius 2 is 1.84 bits per heavy atom. The van der Waals surface area contributed by atoms with Gasteiger partial charge in [0.25, 0.3) is 11.5 Å². The molecule has 2 aromatic heterocycles. The number of likely N-dealkylation sites (tertiary alicyclic amines) is 2. The van der Waals surface area contributed by atoms with E-state index < -0.39 is 0 Å². The van der Waals surface area contributed by atoms with Gasteiger partial charge >= 0.3 is 0 Å². The maximum atomic E-state index is 13.3. The minimum atomic E-state index is 0.0669. The molecule has 0 aliphatic carbocycles. The number of fused-ring (bicyclic) bond motifs is 4. The van der Waals surface area contributed by atoms with Crippen molar-refractivity contribution in [2.24, 2.45) is 5.92 Å². The normalized spacial score (nSPS) is 23.5. The molecule has 2 bridgehead atoms. The van der Waals surface area contributed by atoms with Gasteiger partial charge in [0.1, 0.15) is 0 Å². The van der Waals surface area contributed by atoms with E-state index in [9.17, 15) is 9.59 Å². The Morgan fingerprint density at radius 3 is 2.61 bits per heavy atom. The Labute approximate surface area is 183 Å². The fourth-order valence-corrected chi connectivity index (χ4v) is 5.72. The van der Waals surface area contributed by atoms with E-state index >= 15 is 0 Å². The van der Waals surface area contributed by atoms with Crippen LogP contribution in [-0.4, -0.2) is 51.4 Å². The summed E-state index contributed by atoms with van der Waals surface area (Å²) in [5.41, 5.74) is 4.61. The Balaban J connectivity index is 1.37. The van der Waals surface area contributed by atoms with Crippen LogP contribution < -0.4 is 5.56 Å². The van der Waals surface area contributed by atoms with E-state index in [4.69, 9.17) is 0 Å². The number of amides is 1. The summed E-state index contributed by atoms with van der Waals surface area (Å²) in [6.45, 7) is 8.91. The SMILES string of the molecule is Cc1ccc(C(=O)N2C[C@@H]3C[C@H](C2)c2ccc(CN4CCCCC4)c(=O)n2C3)c(C)n1. The van der Waals surface area contributed by atoms with Crippen molar-refractivity contribution in [3.63, 3.8) is 0 Å². The van der Waals surface area contributed by atoms with Crippen LogP contribution in [0.5, 0.6) is 0 Å². The van der Waals surface area contributed by atoms with Crippen LogP contribution in [-0.2, 0) is 13.1 Å². The zero-order valence-corrected chi connectivity index (χ0v) is 18.6. The van der Waals surface area contributed by atoms with Crippen molar-refractivity contribution < 1.29 is 4.79 Å². The lowest BCUT2D eigenvalue weighted by atomic mass is 9.82. The summed E-state index contributed by atoms with van der Waals surface area (Å²) in [6, 6.07) is 7.99. The first kappa shape index (κ1) is 20.4. The number of pyridine rings is 2. The van der Waals surface area contributed by atoms with Crippen LogP contribution in [0.2, 0.25) is 0 Å². The first-order chi connectivity index (χ1) is 15.0. The molecule has 2 aromatic rings. The third-order valence-corrected chi connectivity index (χ3v) is 7.27. The van der Waals surface area contributed by atoms with Crippen LogP contribution in [0.15, 0.2) is 29.1 Å². The molecule has 6 nitrogen and oxygen atoms in total. The second-order valence-electron chi connectivity index (χ2n) is 9.63. The van der Waals surface area contributed by atoms with Crippen LogP contribution in [0.1, 0.15) is 64.6 Å². The van der Waals surface area contributed by atoms with Gasteiger partial charge in [0, 0.05) is 49.0 Å². The van der Waals surface area contributed by atoms with Crippen LogP contribution in [0.25, 0.3) is 0 Å². The first-order valence-electron chi connectivity index (χ1n) is 11.7. The number of carbonyl (C=O) groups excluding carboxylic acids is 1. The molecule has 2 atom stereocenters. The molecule has 1 amide bonds. The van der Waals surface area contributed by atoms with Gasteiger partial charge in [-0.05, 0) is 70.3 Å². The third-order valence-electron chi connectivity index (χ3n) is 7.27. The Kier molecular flexibility index (Phi) is 5.42. The molecular formula is C25H32N4O2. The third kappa shape index (κ3) is 3.93. The molecule has 0 N–H and O–H groups in total. The molecule has 0 unspecified atom stereocenters. The molecule has 0 radical (unpaired) electrons. The monoisotopic (exact) mass is 420 g/mol. The van der Waals surface area contributed by atoms with Crippen molar-refractivity contribution in [1.82, 2.24) is 19.4 Å².